The number of ether oxygens (including phenoxy) is 1. The van der Waals surface area contributed by atoms with Crippen LogP contribution in [0.15, 0.2) is 30.5 Å². The highest BCUT2D eigenvalue weighted by molar-refractivity contribution is 6.35. The van der Waals surface area contributed by atoms with E-state index in [0.717, 1.165) is 16.6 Å². The van der Waals surface area contributed by atoms with Gasteiger partial charge in [-0.2, -0.15) is 0 Å². The van der Waals surface area contributed by atoms with Crippen LogP contribution >= 0.6 is 11.6 Å². The average Bonchev–Trinajstić information content (AvgIpc) is 2.47. The number of rotatable bonds is 6. The topological polar surface area (TPSA) is 63.2 Å². The number of methoxy groups -OCH3 is 1. The first kappa shape index (κ1) is 14.6. The maximum absolute atomic E-state index is 11.6. The van der Waals surface area contributed by atoms with Gasteiger partial charge in [0.1, 0.15) is 0 Å². The zero-order chi connectivity index (χ0) is 14.4. The minimum atomic E-state index is -0.0962. The molecule has 0 spiro atoms. The maximum atomic E-state index is 11.6. The van der Waals surface area contributed by atoms with Gasteiger partial charge >= 0.3 is 0 Å². The van der Waals surface area contributed by atoms with Gasteiger partial charge in [-0.25, -0.2) is 0 Å². The van der Waals surface area contributed by atoms with Crippen molar-refractivity contribution in [2.45, 2.75) is 0 Å². The quantitative estimate of drug-likeness (QED) is 0.800. The average molecular weight is 294 g/mol. The van der Waals surface area contributed by atoms with Crippen LogP contribution in [-0.2, 0) is 9.53 Å². The van der Waals surface area contributed by atoms with Crippen LogP contribution in [0, 0.1) is 0 Å². The van der Waals surface area contributed by atoms with E-state index in [1.807, 2.05) is 18.2 Å². The fraction of sp³-hybridized carbons (Fsp3) is 0.286. The lowest BCUT2D eigenvalue weighted by molar-refractivity contribution is -0.119. The molecule has 0 saturated carbocycles. The minimum absolute atomic E-state index is 0.0962. The molecule has 0 saturated heterocycles. The Hall–Kier alpha value is -1.85. The van der Waals surface area contributed by atoms with E-state index in [1.54, 1.807) is 19.4 Å². The summed E-state index contributed by atoms with van der Waals surface area (Å²) >= 11 is 6.12. The van der Waals surface area contributed by atoms with Gasteiger partial charge in [-0.15, -0.1) is 0 Å². The Bertz CT molecular complexity index is 604. The predicted molar refractivity (Wildman–Crippen MR) is 80.1 cm³/mol. The zero-order valence-corrected chi connectivity index (χ0v) is 11.9. The number of nitrogens with zero attached hydrogens (tertiary/aromatic N) is 1. The smallest absolute Gasteiger partial charge is 0.239 e. The molecule has 0 radical (unpaired) electrons. The Morgan fingerprint density at radius 2 is 2.25 bits per heavy atom. The van der Waals surface area contributed by atoms with Crippen molar-refractivity contribution in [2.75, 3.05) is 32.1 Å². The van der Waals surface area contributed by atoms with Crippen molar-refractivity contribution >= 4 is 34.1 Å². The van der Waals surface area contributed by atoms with Gasteiger partial charge in [0, 0.05) is 25.2 Å². The third-order valence-corrected chi connectivity index (χ3v) is 3.11. The van der Waals surface area contributed by atoms with Crippen molar-refractivity contribution in [3.8, 4) is 0 Å². The fourth-order valence-electron chi connectivity index (χ4n) is 1.81. The lowest BCUT2D eigenvalue weighted by Crippen LogP contribution is -2.32. The van der Waals surface area contributed by atoms with E-state index in [2.05, 4.69) is 15.6 Å². The van der Waals surface area contributed by atoms with Gasteiger partial charge in [0.15, 0.2) is 0 Å². The number of carbonyl (C=O) groups excluding carboxylic acids is 1. The summed E-state index contributed by atoms with van der Waals surface area (Å²) in [5.74, 6) is -0.0962. The van der Waals surface area contributed by atoms with E-state index in [1.165, 1.54) is 0 Å². The molecule has 1 heterocycles. The lowest BCUT2D eigenvalue weighted by atomic mass is 10.2. The molecular weight excluding hydrogens is 278 g/mol. The second kappa shape index (κ2) is 7.07. The third-order valence-electron chi connectivity index (χ3n) is 2.78. The molecular formula is C14H16ClN3O2. The van der Waals surface area contributed by atoms with E-state index in [4.69, 9.17) is 16.3 Å². The molecule has 20 heavy (non-hydrogen) atoms. The van der Waals surface area contributed by atoms with E-state index >= 15 is 0 Å². The Morgan fingerprint density at radius 3 is 3.05 bits per heavy atom. The number of anilines is 1. The molecule has 106 valence electrons. The molecule has 2 N–H and O–H groups in total. The highest BCUT2D eigenvalue weighted by Gasteiger charge is 2.07. The molecule has 0 atom stereocenters. The summed E-state index contributed by atoms with van der Waals surface area (Å²) in [6.45, 7) is 1.17. The molecule has 0 bridgehead atoms. The highest BCUT2D eigenvalue weighted by atomic mass is 35.5. The molecule has 1 aromatic heterocycles. The number of hydrogen-bond acceptors (Lipinski definition) is 4. The van der Waals surface area contributed by atoms with E-state index in [-0.39, 0.29) is 12.5 Å². The van der Waals surface area contributed by atoms with Crippen molar-refractivity contribution < 1.29 is 9.53 Å². The molecule has 2 rings (SSSR count). The van der Waals surface area contributed by atoms with Crippen molar-refractivity contribution in [1.82, 2.24) is 10.3 Å². The first-order valence-electron chi connectivity index (χ1n) is 6.25. The van der Waals surface area contributed by atoms with Gasteiger partial charge in [-0.1, -0.05) is 11.6 Å². The lowest BCUT2D eigenvalue weighted by Gasteiger charge is -2.10. The Morgan fingerprint density at radius 1 is 1.40 bits per heavy atom. The first-order valence-corrected chi connectivity index (χ1v) is 6.63. The van der Waals surface area contributed by atoms with Crippen LogP contribution in [0.1, 0.15) is 0 Å². The van der Waals surface area contributed by atoms with Crippen LogP contribution in [0.5, 0.6) is 0 Å². The van der Waals surface area contributed by atoms with Gasteiger partial charge in [0.05, 0.1) is 29.4 Å². The number of fused-ring (bicyclic) bond motifs is 1. The molecule has 2 aromatic rings. The van der Waals surface area contributed by atoms with Crippen LogP contribution in [0.25, 0.3) is 10.9 Å². The number of aromatic nitrogens is 1. The number of amides is 1. The minimum Gasteiger partial charge on any atom is -0.383 e. The number of benzene rings is 1. The van der Waals surface area contributed by atoms with Gasteiger partial charge in [-0.3, -0.25) is 9.78 Å². The first-order chi connectivity index (χ1) is 9.72. The monoisotopic (exact) mass is 293 g/mol. The normalized spacial score (nSPS) is 10.5. The number of carbonyl (C=O) groups is 1. The fourth-order valence-corrected chi connectivity index (χ4v) is 2.03. The molecule has 0 unspecified atom stereocenters. The summed E-state index contributed by atoms with van der Waals surface area (Å²) in [5.41, 5.74) is 1.54. The van der Waals surface area contributed by atoms with Crippen molar-refractivity contribution in [3.05, 3.63) is 35.5 Å². The highest BCUT2D eigenvalue weighted by Crippen LogP contribution is 2.27. The Balaban J connectivity index is 2.03. The van der Waals surface area contributed by atoms with E-state index in [0.29, 0.717) is 18.2 Å². The Labute approximate surface area is 122 Å². The van der Waals surface area contributed by atoms with Gasteiger partial charge in [0.2, 0.25) is 5.91 Å². The summed E-state index contributed by atoms with van der Waals surface area (Å²) in [6, 6.07) is 7.33. The van der Waals surface area contributed by atoms with Gasteiger partial charge in [0.25, 0.3) is 0 Å². The largest absolute Gasteiger partial charge is 0.383 e. The van der Waals surface area contributed by atoms with Crippen LogP contribution in [0.2, 0.25) is 5.02 Å². The molecule has 6 heteroatoms. The van der Waals surface area contributed by atoms with Crippen LogP contribution < -0.4 is 10.6 Å². The van der Waals surface area contributed by atoms with Crippen LogP contribution in [-0.4, -0.2) is 37.7 Å². The SMILES string of the molecule is COCCNC(=O)CNc1ccc(Cl)c2cccnc12. The van der Waals surface area contributed by atoms with E-state index < -0.39 is 0 Å². The molecule has 0 aliphatic heterocycles. The third kappa shape index (κ3) is 3.59. The van der Waals surface area contributed by atoms with Crippen molar-refractivity contribution in [2.24, 2.45) is 0 Å². The predicted octanol–water partition coefficient (Wildman–Crippen LogP) is 2.06. The van der Waals surface area contributed by atoms with Crippen molar-refractivity contribution in [1.29, 1.82) is 0 Å². The summed E-state index contributed by atoms with van der Waals surface area (Å²) in [7, 11) is 1.59. The molecule has 0 aliphatic carbocycles. The molecule has 1 amide bonds. The van der Waals surface area contributed by atoms with Gasteiger partial charge < -0.3 is 15.4 Å². The summed E-state index contributed by atoms with van der Waals surface area (Å²) < 4.78 is 4.87. The van der Waals surface area contributed by atoms with E-state index in [9.17, 15) is 4.79 Å². The number of pyridine rings is 1. The molecule has 5 nitrogen and oxygen atoms in total. The Kier molecular flexibility index (Phi) is 5.15. The second-order valence-electron chi connectivity index (χ2n) is 4.19. The molecule has 1 aromatic carbocycles. The standard InChI is InChI=1S/C14H16ClN3O2/c1-20-8-7-16-13(19)9-18-12-5-4-11(15)10-3-2-6-17-14(10)12/h2-6,18H,7-9H2,1H3,(H,16,19). The second-order valence-corrected chi connectivity index (χ2v) is 4.60. The van der Waals surface area contributed by atoms with Gasteiger partial charge in [-0.05, 0) is 24.3 Å². The summed E-state index contributed by atoms with van der Waals surface area (Å²) in [4.78, 5) is 15.9. The number of hydrogen-bond donors (Lipinski definition) is 2. The number of halogens is 1. The number of nitrogens with one attached hydrogen (secondary N) is 2. The summed E-state index contributed by atoms with van der Waals surface area (Å²) in [5, 5.41) is 7.31. The van der Waals surface area contributed by atoms with Crippen LogP contribution in [0.4, 0.5) is 5.69 Å². The molecule has 0 fully saturated rings. The van der Waals surface area contributed by atoms with Crippen LogP contribution in [0.3, 0.4) is 0 Å². The summed E-state index contributed by atoms with van der Waals surface area (Å²) in [6.07, 6.45) is 1.70. The molecule has 0 aliphatic rings. The maximum Gasteiger partial charge on any atom is 0.239 e. The van der Waals surface area contributed by atoms with Crippen molar-refractivity contribution in [3.63, 3.8) is 0 Å². The zero-order valence-electron chi connectivity index (χ0n) is 11.1.